The van der Waals surface area contributed by atoms with Gasteiger partial charge in [-0.25, -0.2) is 0 Å². The lowest BCUT2D eigenvalue weighted by Crippen LogP contribution is -2.40. The normalized spacial score (nSPS) is 14.1. The Labute approximate surface area is 302 Å². The highest BCUT2D eigenvalue weighted by atomic mass is 16.5. The first kappa shape index (κ1) is 45.8. The summed E-state index contributed by atoms with van der Waals surface area (Å²) in [5, 5.41) is 2.71. The monoisotopic (exact) mass is 711 g/mol. The first-order chi connectivity index (χ1) is 24.5. The lowest BCUT2D eigenvalue weighted by molar-refractivity contribution is -0.133. The number of carbonyl (C=O) groups excluding carboxylic acids is 5. The number of amides is 2. The Bertz CT molecular complexity index is 865. The Kier molecular flexibility index (Phi) is 31.1. The number of aldehydes is 2. The SMILES string of the molecule is CC(=O)COCCOCCNC(=O)COCCOCCCC(C=O)C1CCN(C(=O)CCCCCCCCCCCCCCCCC=O)CC1. The number of ether oxygens (including phenoxy) is 4. The predicted molar refractivity (Wildman–Crippen MR) is 195 cm³/mol. The van der Waals surface area contributed by atoms with Crippen molar-refractivity contribution in [2.24, 2.45) is 11.8 Å². The maximum absolute atomic E-state index is 12.7. The van der Waals surface area contributed by atoms with Gasteiger partial charge in [-0.2, -0.15) is 0 Å². The van der Waals surface area contributed by atoms with E-state index >= 15 is 0 Å². The Hall–Kier alpha value is -2.21. The van der Waals surface area contributed by atoms with Crippen molar-refractivity contribution >= 4 is 30.2 Å². The number of ketones is 1. The van der Waals surface area contributed by atoms with Gasteiger partial charge in [-0.05, 0) is 51.4 Å². The number of piperidine rings is 1. The second-order valence-electron chi connectivity index (χ2n) is 13.7. The highest BCUT2D eigenvalue weighted by Crippen LogP contribution is 2.27. The molecule has 1 unspecified atom stereocenters. The Morgan fingerprint density at radius 3 is 1.74 bits per heavy atom. The van der Waals surface area contributed by atoms with E-state index in [0.717, 1.165) is 70.6 Å². The van der Waals surface area contributed by atoms with Crippen molar-refractivity contribution in [3.05, 3.63) is 0 Å². The molecule has 0 spiro atoms. The second-order valence-corrected chi connectivity index (χ2v) is 13.7. The standard InChI is InChI=1S/C39H70N2O9/c1-35(44)33-49-30-29-48-27-22-40-38(45)34-50-31-28-47-26-17-18-37(32-43)36-20-23-41(24-21-36)39(46)19-15-13-11-9-7-5-3-2-4-6-8-10-12-14-16-25-42/h25,32,36-37H,2-24,26-31,33-34H2,1H3,(H,40,45). The van der Waals surface area contributed by atoms with Crippen molar-refractivity contribution in [2.75, 3.05) is 72.5 Å². The number of carbonyl (C=O) groups is 5. The molecular weight excluding hydrogens is 640 g/mol. The van der Waals surface area contributed by atoms with E-state index in [9.17, 15) is 24.0 Å². The molecule has 1 aliphatic rings. The molecule has 1 rings (SSSR count). The van der Waals surface area contributed by atoms with Gasteiger partial charge in [0.1, 0.15) is 25.8 Å². The van der Waals surface area contributed by atoms with Crippen LogP contribution in [-0.2, 0) is 42.9 Å². The topological polar surface area (TPSA) is 138 Å². The number of Topliss-reactive ketones (excluding diaryl/α,β-unsaturated/α-hetero) is 1. The lowest BCUT2D eigenvalue weighted by Gasteiger charge is -2.34. The van der Waals surface area contributed by atoms with Crippen LogP contribution in [0.25, 0.3) is 0 Å². The minimum absolute atomic E-state index is 0.00206. The van der Waals surface area contributed by atoms with Crippen molar-refractivity contribution in [2.45, 2.75) is 135 Å². The van der Waals surface area contributed by atoms with E-state index in [1.54, 1.807) is 0 Å². The summed E-state index contributed by atoms with van der Waals surface area (Å²) >= 11 is 0. The van der Waals surface area contributed by atoms with Crippen LogP contribution in [0, 0.1) is 11.8 Å². The second kappa shape index (κ2) is 33.9. The lowest BCUT2D eigenvalue weighted by atomic mass is 9.82. The van der Waals surface area contributed by atoms with Crippen molar-refractivity contribution < 1.29 is 42.9 Å². The molecule has 1 atom stereocenters. The van der Waals surface area contributed by atoms with Gasteiger partial charge < -0.3 is 38.8 Å². The van der Waals surface area contributed by atoms with Gasteiger partial charge in [-0.1, -0.05) is 77.0 Å². The summed E-state index contributed by atoms with van der Waals surface area (Å²) < 4.78 is 21.4. The predicted octanol–water partition coefficient (Wildman–Crippen LogP) is 6.03. The molecule has 2 amide bonds. The van der Waals surface area contributed by atoms with E-state index in [1.165, 1.54) is 77.6 Å². The number of rotatable bonds is 36. The highest BCUT2D eigenvalue weighted by Gasteiger charge is 2.27. The molecular formula is C39H70N2O9. The average Bonchev–Trinajstić information content (AvgIpc) is 3.11. The molecule has 1 saturated heterocycles. The van der Waals surface area contributed by atoms with Gasteiger partial charge in [0.25, 0.3) is 0 Å². The van der Waals surface area contributed by atoms with Gasteiger partial charge in [-0.15, -0.1) is 0 Å². The molecule has 290 valence electrons. The number of unbranched alkanes of at least 4 members (excludes halogenated alkanes) is 14. The molecule has 11 nitrogen and oxygen atoms in total. The number of hydrogen-bond acceptors (Lipinski definition) is 9. The van der Waals surface area contributed by atoms with Crippen molar-refractivity contribution in [3.8, 4) is 0 Å². The van der Waals surface area contributed by atoms with E-state index in [4.69, 9.17) is 18.9 Å². The minimum atomic E-state index is -0.224. The van der Waals surface area contributed by atoms with Gasteiger partial charge >= 0.3 is 0 Å². The fraction of sp³-hybridized carbons (Fsp3) is 0.872. The summed E-state index contributed by atoms with van der Waals surface area (Å²) in [5.74, 6) is 0.331. The fourth-order valence-electron chi connectivity index (χ4n) is 6.33. The van der Waals surface area contributed by atoms with E-state index in [-0.39, 0.29) is 36.7 Å². The summed E-state index contributed by atoms with van der Waals surface area (Å²) in [5.41, 5.74) is 0. The van der Waals surface area contributed by atoms with E-state index in [2.05, 4.69) is 5.32 Å². The Morgan fingerprint density at radius 1 is 0.660 bits per heavy atom. The minimum Gasteiger partial charge on any atom is -0.379 e. The van der Waals surface area contributed by atoms with Crippen LogP contribution >= 0.6 is 0 Å². The molecule has 0 aromatic carbocycles. The molecule has 0 saturated carbocycles. The van der Waals surface area contributed by atoms with E-state index < -0.39 is 0 Å². The maximum Gasteiger partial charge on any atom is 0.246 e. The molecule has 0 aromatic rings. The molecule has 0 radical (unpaired) electrons. The summed E-state index contributed by atoms with van der Waals surface area (Å²) in [7, 11) is 0. The third kappa shape index (κ3) is 27.5. The number of nitrogens with one attached hydrogen (secondary N) is 1. The van der Waals surface area contributed by atoms with Gasteiger partial charge in [0.2, 0.25) is 11.8 Å². The zero-order valence-electron chi connectivity index (χ0n) is 31.4. The van der Waals surface area contributed by atoms with Crippen LogP contribution in [0.3, 0.4) is 0 Å². The van der Waals surface area contributed by atoms with Crippen molar-refractivity contribution in [3.63, 3.8) is 0 Å². The molecule has 50 heavy (non-hydrogen) atoms. The van der Waals surface area contributed by atoms with E-state index in [0.29, 0.717) is 64.9 Å². The highest BCUT2D eigenvalue weighted by molar-refractivity contribution is 5.77. The smallest absolute Gasteiger partial charge is 0.246 e. The summed E-state index contributed by atoms with van der Waals surface area (Å²) in [4.78, 5) is 59.5. The molecule has 1 heterocycles. The summed E-state index contributed by atoms with van der Waals surface area (Å²) in [6.07, 6.45) is 24.1. The van der Waals surface area contributed by atoms with Crippen LogP contribution in [0.2, 0.25) is 0 Å². The van der Waals surface area contributed by atoms with E-state index in [1.807, 2.05) is 4.90 Å². The first-order valence-corrected chi connectivity index (χ1v) is 19.7. The van der Waals surface area contributed by atoms with Crippen molar-refractivity contribution in [1.29, 1.82) is 0 Å². The summed E-state index contributed by atoms with van der Waals surface area (Å²) in [6, 6.07) is 0. The Morgan fingerprint density at radius 2 is 1.18 bits per heavy atom. The third-order valence-corrected chi connectivity index (χ3v) is 9.31. The third-order valence-electron chi connectivity index (χ3n) is 9.31. The van der Waals surface area contributed by atoms with Gasteiger partial charge in [0.05, 0.1) is 33.0 Å². The molecule has 1 N–H and O–H groups in total. The quantitative estimate of drug-likeness (QED) is 0.0610. The molecule has 11 heteroatoms. The largest absolute Gasteiger partial charge is 0.379 e. The van der Waals surface area contributed by atoms with Gasteiger partial charge in [-0.3, -0.25) is 14.4 Å². The number of hydrogen-bond donors (Lipinski definition) is 1. The van der Waals surface area contributed by atoms with Gasteiger partial charge in [0.15, 0.2) is 5.78 Å². The van der Waals surface area contributed by atoms with Crippen LogP contribution in [0.15, 0.2) is 0 Å². The van der Waals surface area contributed by atoms with Crippen LogP contribution in [0.1, 0.15) is 135 Å². The molecule has 0 aromatic heterocycles. The van der Waals surface area contributed by atoms with Gasteiger partial charge in [0, 0.05) is 45.0 Å². The Balaban J connectivity index is 1.93. The van der Waals surface area contributed by atoms with Crippen LogP contribution in [-0.4, -0.2) is 108 Å². The number of likely N-dealkylation sites (tertiary alicyclic amines) is 1. The van der Waals surface area contributed by atoms with Crippen LogP contribution in [0.4, 0.5) is 0 Å². The number of nitrogens with zero attached hydrogens (tertiary/aromatic N) is 1. The first-order valence-electron chi connectivity index (χ1n) is 19.7. The molecule has 1 fully saturated rings. The van der Waals surface area contributed by atoms with Crippen molar-refractivity contribution in [1.82, 2.24) is 10.2 Å². The zero-order valence-corrected chi connectivity index (χ0v) is 31.4. The molecule has 1 aliphatic heterocycles. The molecule has 0 bridgehead atoms. The van der Waals surface area contributed by atoms with Crippen LogP contribution in [0.5, 0.6) is 0 Å². The molecule has 0 aliphatic carbocycles. The fourth-order valence-corrected chi connectivity index (χ4v) is 6.33. The average molecular weight is 711 g/mol. The maximum atomic E-state index is 12.7. The van der Waals surface area contributed by atoms with Crippen LogP contribution < -0.4 is 5.32 Å². The summed E-state index contributed by atoms with van der Waals surface area (Å²) in [6.45, 7) is 5.66. The zero-order chi connectivity index (χ0) is 36.3.